The molecule has 1 amide bonds. The molecule has 1 aliphatic heterocycles. The average Bonchev–Trinajstić information content (AvgIpc) is 2.72. The fourth-order valence-electron chi connectivity index (χ4n) is 2.74. The van der Waals surface area contributed by atoms with Gasteiger partial charge in [-0.3, -0.25) is 4.79 Å². The highest BCUT2D eigenvalue weighted by molar-refractivity contribution is 5.79. The van der Waals surface area contributed by atoms with Gasteiger partial charge in [-0.05, 0) is 36.8 Å². The second kappa shape index (κ2) is 4.91. The molecule has 92 valence electrons. The number of benzene rings is 1. The Morgan fingerprint density at radius 1 is 1.24 bits per heavy atom. The lowest BCUT2D eigenvalue weighted by Gasteiger charge is -2.28. The van der Waals surface area contributed by atoms with Crippen LogP contribution in [0.2, 0.25) is 0 Å². The highest BCUT2D eigenvalue weighted by Crippen LogP contribution is 2.29. The standard InChI is InChI=1S/C15H21NO/c1-3-12-7-5-6-8-13(12)11-15(4-2)10-9-14(17)16-15/h5-8H,3-4,9-11H2,1-2H3,(H,16,17). The lowest BCUT2D eigenvalue weighted by atomic mass is 9.85. The monoisotopic (exact) mass is 231 g/mol. The summed E-state index contributed by atoms with van der Waals surface area (Å²) >= 11 is 0. The van der Waals surface area contributed by atoms with Gasteiger partial charge in [-0.2, -0.15) is 0 Å². The third kappa shape index (κ3) is 2.51. The van der Waals surface area contributed by atoms with Gasteiger partial charge in [0.2, 0.25) is 5.91 Å². The molecule has 1 aromatic carbocycles. The molecule has 0 aromatic heterocycles. The predicted octanol–water partition coefficient (Wildman–Crippen LogP) is 2.85. The van der Waals surface area contributed by atoms with Crippen LogP contribution in [-0.2, 0) is 17.6 Å². The summed E-state index contributed by atoms with van der Waals surface area (Å²) in [7, 11) is 0. The molecular formula is C15H21NO. The minimum atomic E-state index is 0.00234. The maximum atomic E-state index is 11.5. The van der Waals surface area contributed by atoms with Crippen LogP contribution in [0.1, 0.15) is 44.2 Å². The first-order valence-corrected chi connectivity index (χ1v) is 6.57. The second-order valence-electron chi connectivity index (χ2n) is 4.98. The third-order valence-electron chi connectivity index (χ3n) is 3.94. The Balaban J connectivity index is 2.21. The van der Waals surface area contributed by atoms with Gasteiger partial charge in [0.25, 0.3) is 0 Å². The number of carbonyl (C=O) groups is 1. The van der Waals surface area contributed by atoms with Crippen LogP contribution in [-0.4, -0.2) is 11.4 Å². The molecule has 1 saturated heterocycles. The number of carbonyl (C=O) groups excluding carboxylic acids is 1. The molecule has 2 rings (SSSR count). The quantitative estimate of drug-likeness (QED) is 0.848. The van der Waals surface area contributed by atoms with Crippen LogP contribution >= 0.6 is 0 Å². The molecule has 0 saturated carbocycles. The van der Waals surface area contributed by atoms with Crippen LogP contribution in [0.15, 0.2) is 24.3 Å². The summed E-state index contributed by atoms with van der Waals surface area (Å²) < 4.78 is 0. The third-order valence-corrected chi connectivity index (χ3v) is 3.94. The maximum absolute atomic E-state index is 11.5. The highest BCUT2D eigenvalue weighted by Gasteiger charge is 2.36. The van der Waals surface area contributed by atoms with Crippen LogP contribution in [0.3, 0.4) is 0 Å². The number of hydrogen-bond acceptors (Lipinski definition) is 1. The average molecular weight is 231 g/mol. The van der Waals surface area contributed by atoms with Crippen molar-refractivity contribution in [1.82, 2.24) is 5.32 Å². The number of hydrogen-bond donors (Lipinski definition) is 1. The van der Waals surface area contributed by atoms with Crippen molar-refractivity contribution >= 4 is 5.91 Å². The Bertz CT molecular complexity index is 413. The second-order valence-corrected chi connectivity index (χ2v) is 4.98. The number of rotatable bonds is 4. The Labute approximate surface area is 103 Å². The summed E-state index contributed by atoms with van der Waals surface area (Å²) in [5.41, 5.74) is 2.79. The smallest absolute Gasteiger partial charge is 0.220 e. The summed E-state index contributed by atoms with van der Waals surface area (Å²) in [5.74, 6) is 0.209. The van der Waals surface area contributed by atoms with Crippen molar-refractivity contribution in [2.75, 3.05) is 0 Å². The molecule has 1 unspecified atom stereocenters. The molecule has 1 heterocycles. The Morgan fingerprint density at radius 2 is 1.94 bits per heavy atom. The van der Waals surface area contributed by atoms with Gasteiger partial charge in [0.1, 0.15) is 0 Å². The zero-order valence-electron chi connectivity index (χ0n) is 10.8. The Hall–Kier alpha value is -1.31. The van der Waals surface area contributed by atoms with Crippen molar-refractivity contribution < 1.29 is 4.79 Å². The predicted molar refractivity (Wildman–Crippen MR) is 69.9 cm³/mol. The van der Waals surface area contributed by atoms with E-state index in [0.29, 0.717) is 6.42 Å². The molecule has 0 spiro atoms. The SMILES string of the molecule is CCc1ccccc1CC1(CC)CCC(=O)N1. The van der Waals surface area contributed by atoms with Gasteiger partial charge in [0, 0.05) is 12.0 Å². The summed E-state index contributed by atoms with van der Waals surface area (Å²) in [6, 6.07) is 8.57. The fourth-order valence-corrected chi connectivity index (χ4v) is 2.74. The molecule has 1 aromatic rings. The zero-order chi connectivity index (χ0) is 12.3. The van der Waals surface area contributed by atoms with Gasteiger partial charge in [-0.15, -0.1) is 0 Å². The normalized spacial score (nSPS) is 23.8. The summed E-state index contributed by atoms with van der Waals surface area (Å²) in [6.07, 6.45) is 4.70. The van der Waals surface area contributed by atoms with E-state index >= 15 is 0 Å². The van der Waals surface area contributed by atoms with E-state index in [0.717, 1.165) is 25.7 Å². The van der Waals surface area contributed by atoms with Crippen LogP contribution in [0, 0.1) is 0 Å². The zero-order valence-corrected chi connectivity index (χ0v) is 10.8. The largest absolute Gasteiger partial charge is 0.350 e. The molecule has 1 fully saturated rings. The first-order chi connectivity index (χ1) is 8.19. The van der Waals surface area contributed by atoms with Gasteiger partial charge < -0.3 is 5.32 Å². The summed E-state index contributed by atoms with van der Waals surface area (Å²) in [6.45, 7) is 4.35. The number of aryl methyl sites for hydroxylation is 1. The van der Waals surface area contributed by atoms with E-state index in [1.54, 1.807) is 0 Å². The van der Waals surface area contributed by atoms with Crippen molar-refractivity contribution in [1.29, 1.82) is 0 Å². The summed E-state index contributed by atoms with van der Waals surface area (Å²) in [5, 5.41) is 3.18. The van der Waals surface area contributed by atoms with Gasteiger partial charge in [-0.25, -0.2) is 0 Å². The molecule has 0 aliphatic carbocycles. The Kier molecular flexibility index (Phi) is 3.51. The molecule has 1 atom stereocenters. The van der Waals surface area contributed by atoms with Crippen LogP contribution in [0.25, 0.3) is 0 Å². The molecule has 17 heavy (non-hydrogen) atoms. The van der Waals surface area contributed by atoms with Crippen molar-refractivity contribution in [3.05, 3.63) is 35.4 Å². The molecule has 0 radical (unpaired) electrons. The van der Waals surface area contributed by atoms with E-state index in [4.69, 9.17) is 0 Å². The van der Waals surface area contributed by atoms with E-state index in [1.807, 2.05) is 0 Å². The van der Waals surface area contributed by atoms with Crippen molar-refractivity contribution in [2.45, 2.75) is 51.5 Å². The van der Waals surface area contributed by atoms with Crippen LogP contribution in [0.4, 0.5) is 0 Å². The molecule has 0 bridgehead atoms. The number of nitrogens with one attached hydrogen (secondary N) is 1. The van der Waals surface area contributed by atoms with Gasteiger partial charge in [0.05, 0.1) is 0 Å². The molecule has 2 nitrogen and oxygen atoms in total. The van der Waals surface area contributed by atoms with Crippen molar-refractivity contribution in [3.63, 3.8) is 0 Å². The highest BCUT2D eigenvalue weighted by atomic mass is 16.2. The van der Waals surface area contributed by atoms with E-state index < -0.39 is 0 Å². The van der Waals surface area contributed by atoms with Crippen molar-refractivity contribution in [2.24, 2.45) is 0 Å². The Morgan fingerprint density at radius 3 is 2.47 bits per heavy atom. The molecule has 1 aliphatic rings. The van der Waals surface area contributed by atoms with E-state index in [2.05, 4.69) is 43.4 Å². The first-order valence-electron chi connectivity index (χ1n) is 6.57. The lowest BCUT2D eigenvalue weighted by molar-refractivity contribution is -0.119. The summed E-state index contributed by atoms with van der Waals surface area (Å²) in [4.78, 5) is 11.5. The first kappa shape index (κ1) is 12.2. The van der Waals surface area contributed by atoms with E-state index in [1.165, 1.54) is 11.1 Å². The maximum Gasteiger partial charge on any atom is 0.220 e. The lowest BCUT2D eigenvalue weighted by Crippen LogP contribution is -2.43. The fraction of sp³-hybridized carbons (Fsp3) is 0.533. The van der Waals surface area contributed by atoms with E-state index in [-0.39, 0.29) is 11.4 Å². The van der Waals surface area contributed by atoms with Gasteiger partial charge >= 0.3 is 0 Å². The van der Waals surface area contributed by atoms with Gasteiger partial charge in [0.15, 0.2) is 0 Å². The topological polar surface area (TPSA) is 29.1 Å². The van der Waals surface area contributed by atoms with E-state index in [9.17, 15) is 4.79 Å². The van der Waals surface area contributed by atoms with Crippen LogP contribution in [0.5, 0.6) is 0 Å². The van der Waals surface area contributed by atoms with Gasteiger partial charge in [-0.1, -0.05) is 38.1 Å². The molecule has 2 heteroatoms. The minimum absolute atomic E-state index is 0.00234. The number of amides is 1. The minimum Gasteiger partial charge on any atom is -0.350 e. The van der Waals surface area contributed by atoms with Crippen LogP contribution < -0.4 is 5.32 Å². The molecular weight excluding hydrogens is 210 g/mol. The molecule has 1 N–H and O–H groups in total. The van der Waals surface area contributed by atoms with Crippen molar-refractivity contribution in [3.8, 4) is 0 Å².